The zero-order valence-corrected chi connectivity index (χ0v) is 14.4. The highest BCUT2D eigenvalue weighted by molar-refractivity contribution is 5.93. The zero-order valence-electron chi connectivity index (χ0n) is 14.4. The number of carbonyl (C=O) groups excluding carboxylic acids is 1. The van der Waals surface area contributed by atoms with Crippen LogP contribution in [0.15, 0.2) is 4.42 Å². The number of carbonyl (C=O) groups is 1. The molecule has 1 aliphatic carbocycles. The van der Waals surface area contributed by atoms with Crippen LogP contribution in [0.2, 0.25) is 0 Å². The van der Waals surface area contributed by atoms with Crippen molar-refractivity contribution in [2.24, 2.45) is 11.8 Å². The number of likely N-dealkylation sites (tertiary alicyclic amines) is 1. The molecule has 0 bridgehead atoms. The van der Waals surface area contributed by atoms with Gasteiger partial charge in [-0.25, -0.2) is 4.98 Å². The summed E-state index contributed by atoms with van der Waals surface area (Å²) >= 11 is 0. The van der Waals surface area contributed by atoms with Gasteiger partial charge < -0.3 is 14.4 Å². The van der Waals surface area contributed by atoms with Gasteiger partial charge in [0.15, 0.2) is 11.6 Å². The first-order chi connectivity index (χ1) is 11.0. The van der Waals surface area contributed by atoms with Gasteiger partial charge in [0.25, 0.3) is 5.91 Å². The average molecular weight is 320 g/mol. The lowest BCUT2D eigenvalue weighted by Gasteiger charge is -2.44. The predicted molar refractivity (Wildman–Crippen MR) is 87.2 cm³/mol. The highest BCUT2D eigenvalue weighted by Gasteiger charge is 2.40. The molecule has 0 aromatic carbocycles. The lowest BCUT2D eigenvalue weighted by molar-refractivity contribution is -0.0123. The van der Waals surface area contributed by atoms with E-state index in [-0.39, 0.29) is 24.0 Å². The van der Waals surface area contributed by atoms with Gasteiger partial charge in [0.1, 0.15) is 5.76 Å². The number of aliphatic hydroxyl groups excluding tert-OH is 1. The summed E-state index contributed by atoms with van der Waals surface area (Å²) in [6, 6.07) is 0.130. The minimum absolute atomic E-state index is 0.0329. The Morgan fingerprint density at radius 2 is 2.04 bits per heavy atom. The normalized spacial score (nSPS) is 32.1. The highest BCUT2D eigenvalue weighted by atomic mass is 16.4. The number of oxazole rings is 1. The molecular weight excluding hydrogens is 292 g/mol. The van der Waals surface area contributed by atoms with Gasteiger partial charge in [-0.3, -0.25) is 4.79 Å². The molecule has 4 atom stereocenters. The fourth-order valence-electron chi connectivity index (χ4n) is 4.34. The molecule has 128 valence electrons. The van der Waals surface area contributed by atoms with Crippen LogP contribution in [0.3, 0.4) is 0 Å². The molecule has 0 spiro atoms. The van der Waals surface area contributed by atoms with Crippen molar-refractivity contribution in [1.82, 2.24) is 9.88 Å². The third kappa shape index (κ3) is 3.30. The van der Waals surface area contributed by atoms with Crippen LogP contribution < -0.4 is 0 Å². The van der Waals surface area contributed by atoms with Crippen LogP contribution in [0, 0.1) is 25.7 Å². The quantitative estimate of drug-likeness (QED) is 0.909. The van der Waals surface area contributed by atoms with Gasteiger partial charge in [0.05, 0.1) is 6.10 Å². The molecule has 3 rings (SSSR count). The molecule has 23 heavy (non-hydrogen) atoms. The van der Waals surface area contributed by atoms with Crippen molar-refractivity contribution in [3.8, 4) is 0 Å². The molecule has 1 amide bonds. The van der Waals surface area contributed by atoms with E-state index in [0.717, 1.165) is 45.1 Å². The van der Waals surface area contributed by atoms with Gasteiger partial charge in [0.2, 0.25) is 0 Å². The second-order valence-electron chi connectivity index (χ2n) is 7.35. The Hall–Kier alpha value is -1.36. The molecule has 2 fully saturated rings. The first kappa shape index (κ1) is 16.5. The van der Waals surface area contributed by atoms with Crippen molar-refractivity contribution in [2.75, 3.05) is 6.54 Å². The van der Waals surface area contributed by atoms with Crippen LogP contribution in [0.1, 0.15) is 67.6 Å². The van der Waals surface area contributed by atoms with Gasteiger partial charge in [0, 0.05) is 25.4 Å². The highest BCUT2D eigenvalue weighted by Crippen LogP contribution is 2.37. The van der Waals surface area contributed by atoms with E-state index in [1.54, 1.807) is 13.8 Å². The first-order valence-corrected chi connectivity index (χ1v) is 8.90. The van der Waals surface area contributed by atoms with E-state index in [9.17, 15) is 9.90 Å². The molecule has 2 aliphatic rings. The third-order valence-corrected chi connectivity index (χ3v) is 5.53. The summed E-state index contributed by atoms with van der Waals surface area (Å²) in [6.45, 7) is 6.57. The van der Waals surface area contributed by atoms with Crippen LogP contribution in [0.25, 0.3) is 0 Å². The molecular formula is C18H28N2O3. The van der Waals surface area contributed by atoms with Crippen molar-refractivity contribution in [3.63, 3.8) is 0 Å². The summed E-state index contributed by atoms with van der Waals surface area (Å²) in [5, 5.41) is 10.5. The topological polar surface area (TPSA) is 66.6 Å². The standard InChI is InChI=1S/C18H28N2O3/c1-11-7-8-16(21)14(10-11)15-6-4-5-9-20(15)18(22)17-12(2)23-13(3)19-17/h11,14-16,21H,4-10H2,1-3H3/t11-,14-,15+,16+/m0/s1. The van der Waals surface area contributed by atoms with E-state index in [2.05, 4.69) is 11.9 Å². The number of rotatable bonds is 2. The van der Waals surface area contributed by atoms with Gasteiger partial charge in [-0.2, -0.15) is 0 Å². The van der Waals surface area contributed by atoms with E-state index in [1.165, 1.54) is 0 Å². The molecule has 5 heteroatoms. The maximum absolute atomic E-state index is 13.0. The second-order valence-corrected chi connectivity index (χ2v) is 7.35. The Bertz CT molecular complexity index is 569. The monoisotopic (exact) mass is 320 g/mol. The van der Waals surface area contributed by atoms with E-state index >= 15 is 0 Å². The molecule has 1 saturated carbocycles. The van der Waals surface area contributed by atoms with E-state index in [1.807, 2.05) is 4.90 Å². The summed E-state index contributed by atoms with van der Waals surface area (Å²) in [4.78, 5) is 19.2. The molecule has 5 nitrogen and oxygen atoms in total. The summed E-state index contributed by atoms with van der Waals surface area (Å²) < 4.78 is 5.44. The number of nitrogens with zero attached hydrogens (tertiary/aromatic N) is 2. The van der Waals surface area contributed by atoms with Crippen LogP contribution in [-0.2, 0) is 0 Å². The largest absolute Gasteiger partial charge is 0.445 e. The summed E-state index contributed by atoms with van der Waals surface area (Å²) in [5.74, 6) is 1.91. The van der Waals surface area contributed by atoms with E-state index in [0.29, 0.717) is 23.3 Å². The van der Waals surface area contributed by atoms with Crippen molar-refractivity contribution in [3.05, 3.63) is 17.3 Å². The maximum atomic E-state index is 13.0. The van der Waals surface area contributed by atoms with Crippen LogP contribution in [0.4, 0.5) is 0 Å². The van der Waals surface area contributed by atoms with Gasteiger partial charge >= 0.3 is 0 Å². The number of aliphatic hydroxyl groups is 1. The molecule has 1 aliphatic heterocycles. The first-order valence-electron chi connectivity index (χ1n) is 8.90. The number of hydrogen-bond acceptors (Lipinski definition) is 4. The minimum atomic E-state index is -0.287. The van der Waals surface area contributed by atoms with Gasteiger partial charge in [-0.1, -0.05) is 6.92 Å². The molecule has 2 heterocycles. The predicted octanol–water partition coefficient (Wildman–Crippen LogP) is 3.08. The molecule has 1 N–H and O–H groups in total. The molecule has 1 aromatic rings. The number of aromatic nitrogens is 1. The lowest BCUT2D eigenvalue weighted by atomic mass is 9.74. The Balaban J connectivity index is 1.83. The number of amides is 1. The average Bonchev–Trinajstić information content (AvgIpc) is 2.87. The number of aryl methyl sites for hydroxylation is 2. The molecule has 1 saturated heterocycles. The van der Waals surface area contributed by atoms with Crippen LogP contribution >= 0.6 is 0 Å². The fraction of sp³-hybridized carbons (Fsp3) is 0.778. The second kappa shape index (κ2) is 6.63. The Morgan fingerprint density at radius 3 is 2.74 bits per heavy atom. The van der Waals surface area contributed by atoms with Gasteiger partial charge in [-0.15, -0.1) is 0 Å². The molecule has 1 aromatic heterocycles. The Kier molecular flexibility index (Phi) is 4.76. The minimum Gasteiger partial charge on any atom is -0.445 e. The van der Waals surface area contributed by atoms with Crippen LogP contribution in [0.5, 0.6) is 0 Å². The molecule has 0 unspecified atom stereocenters. The van der Waals surface area contributed by atoms with Crippen molar-refractivity contribution in [1.29, 1.82) is 0 Å². The van der Waals surface area contributed by atoms with Crippen molar-refractivity contribution < 1.29 is 14.3 Å². The fourth-order valence-corrected chi connectivity index (χ4v) is 4.34. The zero-order chi connectivity index (χ0) is 16.6. The van der Waals surface area contributed by atoms with Crippen molar-refractivity contribution in [2.45, 2.75) is 71.4 Å². The van der Waals surface area contributed by atoms with E-state index in [4.69, 9.17) is 4.42 Å². The summed E-state index contributed by atoms with van der Waals surface area (Å²) in [7, 11) is 0. The van der Waals surface area contributed by atoms with Crippen LogP contribution in [-0.4, -0.2) is 39.6 Å². The SMILES string of the molecule is Cc1nc(C(=O)N2CCCC[C@@H]2[C@@H]2C[C@@H](C)CC[C@H]2O)c(C)o1. The number of hydrogen-bond donors (Lipinski definition) is 1. The third-order valence-electron chi connectivity index (χ3n) is 5.53. The van der Waals surface area contributed by atoms with E-state index < -0.39 is 0 Å². The summed E-state index contributed by atoms with van der Waals surface area (Å²) in [5.41, 5.74) is 0.438. The molecule has 0 radical (unpaired) electrons. The lowest BCUT2D eigenvalue weighted by Crippen LogP contribution is -2.52. The maximum Gasteiger partial charge on any atom is 0.276 e. The smallest absolute Gasteiger partial charge is 0.276 e. The Labute approximate surface area is 138 Å². The number of piperidine rings is 1. The van der Waals surface area contributed by atoms with Crippen molar-refractivity contribution >= 4 is 5.91 Å². The summed E-state index contributed by atoms with van der Waals surface area (Å²) in [6.07, 6.45) is 5.79. The van der Waals surface area contributed by atoms with Gasteiger partial charge in [-0.05, 0) is 51.4 Å². The Morgan fingerprint density at radius 1 is 1.26 bits per heavy atom.